The number of carbonyl (C=O) groups excluding carboxylic acids is 5. The number of alkyl carbamates (subject to hydrolysis) is 1. The Bertz CT molecular complexity index is 1070. The van der Waals surface area contributed by atoms with E-state index in [0.717, 1.165) is 5.56 Å². The lowest BCUT2D eigenvalue weighted by Crippen LogP contribution is -2.55. The molecule has 0 saturated carbocycles. The lowest BCUT2D eigenvalue weighted by molar-refractivity contribution is -0.147. The second-order valence-corrected chi connectivity index (χ2v) is 11.2. The molecular weight excluding hydrogens is 532 g/mol. The van der Waals surface area contributed by atoms with Crippen LogP contribution in [0.15, 0.2) is 30.3 Å². The lowest BCUT2D eigenvalue weighted by Gasteiger charge is -2.32. The molecule has 0 aromatic heterocycles. The predicted octanol–water partition coefficient (Wildman–Crippen LogP) is 2.74. The first-order valence-corrected chi connectivity index (χ1v) is 14.1. The minimum atomic E-state index is -0.947. The SMILES string of the molecule is COC(=O)[C@H](CCCNC(=O)OCc1ccccc1)NC(=O)[C@@H]1CCCN1C(=O)[C@@H]1CCCN1C(=O)OC(C)(C)C. The Labute approximate surface area is 241 Å². The molecule has 2 heterocycles. The molecule has 4 amide bonds. The van der Waals surface area contributed by atoms with E-state index in [1.165, 1.54) is 16.9 Å². The first-order chi connectivity index (χ1) is 19.5. The number of methoxy groups -OCH3 is 1. The van der Waals surface area contributed by atoms with Gasteiger partial charge in [0, 0.05) is 19.6 Å². The molecule has 2 saturated heterocycles. The summed E-state index contributed by atoms with van der Waals surface area (Å²) in [6, 6.07) is 6.87. The van der Waals surface area contributed by atoms with Crippen LogP contribution in [0.1, 0.15) is 64.9 Å². The van der Waals surface area contributed by atoms with Crippen LogP contribution >= 0.6 is 0 Å². The minimum Gasteiger partial charge on any atom is -0.467 e. The highest BCUT2D eigenvalue weighted by Gasteiger charge is 2.43. The van der Waals surface area contributed by atoms with Crippen molar-refractivity contribution in [3.05, 3.63) is 35.9 Å². The van der Waals surface area contributed by atoms with Crippen molar-refractivity contribution >= 4 is 30.0 Å². The predicted molar refractivity (Wildman–Crippen MR) is 149 cm³/mol. The van der Waals surface area contributed by atoms with E-state index in [4.69, 9.17) is 14.2 Å². The van der Waals surface area contributed by atoms with E-state index in [0.29, 0.717) is 45.2 Å². The third kappa shape index (κ3) is 9.36. The van der Waals surface area contributed by atoms with Crippen molar-refractivity contribution < 1.29 is 38.2 Å². The average molecular weight is 575 g/mol. The van der Waals surface area contributed by atoms with Gasteiger partial charge in [0.05, 0.1) is 7.11 Å². The van der Waals surface area contributed by atoms with E-state index in [1.54, 1.807) is 20.8 Å². The van der Waals surface area contributed by atoms with Crippen molar-refractivity contribution in [1.82, 2.24) is 20.4 Å². The van der Waals surface area contributed by atoms with Gasteiger partial charge in [0.2, 0.25) is 11.8 Å². The number of carbonyl (C=O) groups is 5. The Morgan fingerprint density at radius 3 is 2.29 bits per heavy atom. The van der Waals surface area contributed by atoms with Crippen LogP contribution in [0, 0.1) is 0 Å². The van der Waals surface area contributed by atoms with Crippen molar-refractivity contribution in [2.75, 3.05) is 26.7 Å². The molecule has 1 aromatic rings. The summed E-state index contributed by atoms with van der Waals surface area (Å²) >= 11 is 0. The molecule has 0 aliphatic carbocycles. The molecule has 12 heteroatoms. The second kappa shape index (κ2) is 14.7. The van der Waals surface area contributed by atoms with E-state index in [-0.39, 0.29) is 25.5 Å². The maximum Gasteiger partial charge on any atom is 0.410 e. The van der Waals surface area contributed by atoms with Gasteiger partial charge >= 0.3 is 18.2 Å². The van der Waals surface area contributed by atoms with Crippen LogP contribution in [-0.4, -0.2) is 90.2 Å². The number of hydrogen-bond donors (Lipinski definition) is 2. The van der Waals surface area contributed by atoms with Crippen LogP contribution in [0.3, 0.4) is 0 Å². The Balaban J connectivity index is 1.51. The van der Waals surface area contributed by atoms with Gasteiger partial charge in [-0.2, -0.15) is 0 Å². The molecule has 1 aromatic carbocycles. The molecule has 0 radical (unpaired) electrons. The van der Waals surface area contributed by atoms with E-state index in [9.17, 15) is 24.0 Å². The van der Waals surface area contributed by atoms with Crippen LogP contribution in [0.5, 0.6) is 0 Å². The van der Waals surface area contributed by atoms with Gasteiger partial charge < -0.3 is 29.7 Å². The van der Waals surface area contributed by atoms with Gasteiger partial charge in [-0.3, -0.25) is 14.5 Å². The highest BCUT2D eigenvalue weighted by atomic mass is 16.6. The van der Waals surface area contributed by atoms with Crippen LogP contribution in [-0.2, 0) is 35.2 Å². The summed E-state index contributed by atoms with van der Waals surface area (Å²) in [5.74, 6) is -1.37. The molecule has 226 valence electrons. The standard InChI is InChI=1S/C29H42N4O8/c1-29(2,3)41-28(38)33-18-10-15-23(33)25(35)32-17-9-14-22(32)24(34)31-21(26(36)39-4)13-8-16-30-27(37)40-19-20-11-6-5-7-12-20/h5-7,11-12,21-23H,8-10,13-19H2,1-4H3,(H,30,37)(H,31,34)/t21-,22-,23-/m0/s1. The summed E-state index contributed by atoms with van der Waals surface area (Å²) in [7, 11) is 1.23. The number of hydrogen-bond acceptors (Lipinski definition) is 8. The summed E-state index contributed by atoms with van der Waals surface area (Å²) in [5.41, 5.74) is 0.172. The topological polar surface area (TPSA) is 144 Å². The van der Waals surface area contributed by atoms with Crippen molar-refractivity contribution in [1.29, 1.82) is 0 Å². The Morgan fingerprint density at radius 2 is 1.63 bits per heavy atom. The number of rotatable bonds is 10. The normalized spacial score (nSPS) is 19.3. The van der Waals surface area contributed by atoms with Gasteiger partial charge in [-0.1, -0.05) is 30.3 Å². The Kier molecular flexibility index (Phi) is 11.4. The van der Waals surface area contributed by atoms with Gasteiger partial charge in [-0.15, -0.1) is 0 Å². The fraction of sp³-hybridized carbons (Fsp3) is 0.621. The smallest absolute Gasteiger partial charge is 0.410 e. The molecule has 0 unspecified atom stereocenters. The number of amides is 4. The minimum absolute atomic E-state index is 0.139. The van der Waals surface area contributed by atoms with Gasteiger partial charge in [-0.05, 0) is 64.9 Å². The number of benzene rings is 1. The van der Waals surface area contributed by atoms with E-state index >= 15 is 0 Å². The van der Waals surface area contributed by atoms with E-state index in [2.05, 4.69) is 10.6 Å². The lowest BCUT2D eigenvalue weighted by atomic mass is 10.1. The van der Waals surface area contributed by atoms with Gasteiger partial charge in [0.25, 0.3) is 0 Å². The Hall–Kier alpha value is -3.83. The van der Waals surface area contributed by atoms with Crippen LogP contribution in [0.4, 0.5) is 9.59 Å². The quantitative estimate of drug-likeness (QED) is 0.247. The van der Waals surface area contributed by atoms with Crippen molar-refractivity contribution in [3.8, 4) is 0 Å². The molecule has 2 N–H and O–H groups in total. The highest BCUT2D eigenvalue weighted by molar-refractivity contribution is 5.93. The van der Waals surface area contributed by atoms with Gasteiger partial charge in [0.15, 0.2) is 0 Å². The number of ether oxygens (including phenoxy) is 3. The molecule has 0 spiro atoms. The highest BCUT2D eigenvalue weighted by Crippen LogP contribution is 2.26. The molecular formula is C29H42N4O8. The summed E-state index contributed by atoms with van der Waals surface area (Å²) in [4.78, 5) is 66.8. The van der Waals surface area contributed by atoms with Crippen molar-refractivity contribution in [2.24, 2.45) is 0 Å². The molecule has 12 nitrogen and oxygen atoms in total. The van der Waals surface area contributed by atoms with Crippen molar-refractivity contribution in [2.45, 2.75) is 89.6 Å². The monoisotopic (exact) mass is 574 g/mol. The van der Waals surface area contributed by atoms with Gasteiger partial charge in [0.1, 0.15) is 30.3 Å². The summed E-state index contributed by atoms with van der Waals surface area (Å²) in [6.07, 6.45) is 1.69. The zero-order valence-electron chi connectivity index (χ0n) is 24.4. The second-order valence-electron chi connectivity index (χ2n) is 11.2. The van der Waals surface area contributed by atoms with Crippen LogP contribution in [0.2, 0.25) is 0 Å². The number of nitrogens with one attached hydrogen (secondary N) is 2. The fourth-order valence-corrected chi connectivity index (χ4v) is 4.99. The third-order valence-electron chi connectivity index (χ3n) is 6.96. The first-order valence-electron chi connectivity index (χ1n) is 14.1. The van der Waals surface area contributed by atoms with Crippen LogP contribution in [0.25, 0.3) is 0 Å². The Morgan fingerprint density at radius 1 is 0.976 bits per heavy atom. The molecule has 2 aliphatic heterocycles. The fourth-order valence-electron chi connectivity index (χ4n) is 4.99. The van der Waals surface area contributed by atoms with Crippen LogP contribution < -0.4 is 10.6 Å². The molecule has 3 atom stereocenters. The van der Waals surface area contributed by atoms with Crippen molar-refractivity contribution in [3.63, 3.8) is 0 Å². The number of nitrogens with zero attached hydrogens (tertiary/aromatic N) is 2. The third-order valence-corrected chi connectivity index (χ3v) is 6.96. The zero-order valence-corrected chi connectivity index (χ0v) is 24.4. The molecule has 41 heavy (non-hydrogen) atoms. The molecule has 2 fully saturated rings. The number of esters is 1. The molecule has 0 bridgehead atoms. The molecule has 2 aliphatic rings. The van der Waals surface area contributed by atoms with E-state index < -0.39 is 47.8 Å². The summed E-state index contributed by atoms with van der Waals surface area (Å²) in [6.45, 7) is 6.47. The summed E-state index contributed by atoms with van der Waals surface area (Å²) < 4.78 is 15.5. The first kappa shape index (κ1) is 31.7. The average Bonchev–Trinajstić information content (AvgIpc) is 3.63. The number of likely N-dealkylation sites (tertiary alicyclic amines) is 2. The summed E-state index contributed by atoms with van der Waals surface area (Å²) in [5, 5.41) is 5.36. The van der Waals surface area contributed by atoms with Gasteiger partial charge in [-0.25, -0.2) is 14.4 Å². The largest absolute Gasteiger partial charge is 0.467 e. The maximum absolute atomic E-state index is 13.5. The molecule has 3 rings (SSSR count). The zero-order chi connectivity index (χ0) is 30.0. The van der Waals surface area contributed by atoms with E-state index in [1.807, 2.05) is 30.3 Å². The maximum atomic E-state index is 13.5.